The lowest BCUT2D eigenvalue weighted by Crippen LogP contribution is -2.49. The standard InChI is InChI=1S/C21H22N4O5S/c1-21(20(27)24-28,31(2,29)30)8-10-25-9-7-17(11-19(25)26)15-3-5-16(6-4-15)18-12-22-14-23-13-18/h3-7,9,11-14,28H,8,10H2,1-2H3,(H,24,27). The lowest BCUT2D eigenvalue weighted by atomic mass is 10.0. The average molecular weight is 442 g/mol. The van der Waals surface area contributed by atoms with Gasteiger partial charge in [0, 0.05) is 43.0 Å². The molecule has 1 amide bonds. The van der Waals surface area contributed by atoms with Crippen LogP contribution in [-0.2, 0) is 21.2 Å². The SMILES string of the molecule is CC(CCn1ccc(-c2ccc(-c3cncnc3)cc2)cc1=O)(C(=O)NO)S(C)(=O)=O. The Hall–Kier alpha value is -3.37. The van der Waals surface area contributed by atoms with Gasteiger partial charge in [0.1, 0.15) is 6.33 Å². The van der Waals surface area contributed by atoms with Crippen molar-refractivity contribution in [2.75, 3.05) is 6.26 Å². The van der Waals surface area contributed by atoms with Crippen molar-refractivity contribution in [2.45, 2.75) is 24.6 Å². The molecule has 10 heteroatoms. The molecule has 0 bridgehead atoms. The van der Waals surface area contributed by atoms with E-state index in [1.54, 1.807) is 24.7 Å². The van der Waals surface area contributed by atoms with Crippen LogP contribution in [-0.4, -0.2) is 45.1 Å². The van der Waals surface area contributed by atoms with Gasteiger partial charge >= 0.3 is 0 Å². The van der Waals surface area contributed by atoms with Crippen LogP contribution in [0.1, 0.15) is 13.3 Å². The van der Waals surface area contributed by atoms with Crippen molar-refractivity contribution in [3.8, 4) is 22.3 Å². The Labute approximate surface area is 179 Å². The summed E-state index contributed by atoms with van der Waals surface area (Å²) < 4.78 is 23.6. The zero-order valence-corrected chi connectivity index (χ0v) is 17.8. The Bertz CT molecular complexity index is 1240. The Morgan fingerprint density at radius 3 is 2.16 bits per heavy atom. The van der Waals surface area contributed by atoms with Gasteiger partial charge in [-0.1, -0.05) is 24.3 Å². The van der Waals surface area contributed by atoms with Crippen LogP contribution >= 0.6 is 0 Å². The zero-order chi connectivity index (χ0) is 22.6. The summed E-state index contributed by atoms with van der Waals surface area (Å²) in [5.41, 5.74) is 4.43. The fourth-order valence-electron chi connectivity index (χ4n) is 3.09. The van der Waals surface area contributed by atoms with E-state index < -0.39 is 20.5 Å². The molecule has 1 unspecified atom stereocenters. The van der Waals surface area contributed by atoms with Gasteiger partial charge in [0.25, 0.3) is 11.5 Å². The molecule has 0 fully saturated rings. The number of pyridine rings is 1. The Kier molecular flexibility index (Phi) is 6.32. The number of rotatable bonds is 7. The van der Waals surface area contributed by atoms with Crippen molar-refractivity contribution in [1.82, 2.24) is 20.0 Å². The Morgan fingerprint density at radius 1 is 1.06 bits per heavy atom. The van der Waals surface area contributed by atoms with Crippen LogP contribution in [0.2, 0.25) is 0 Å². The number of benzene rings is 1. The molecule has 3 aromatic rings. The third-order valence-electron chi connectivity index (χ3n) is 5.34. The number of nitrogens with one attached hydrogen (secondary N) is 1. The summed E-state index contributed by atoms with van der Waals surface area (Å²) in [6.45, 7) is 1.20. The van der Waals surface area contributed by atoms with E-state index in [4.69, 9.17) is 5.21 Å². The number of carbonyl (C=O) groups is 1. The summed E-state index contributed by atoms with van der Waals surface area (Å²) in [4.78, 5) is 32.5. The molecule has 0 saturated heterocycles. The van der Waals surface area contributed by atoms with Crippen molar-refractivity contribution in [1.29, 1.82) is 0 Å². The lowest BCUT2D eigenvalue weighted by molar-refractivity contribution is -0.131. The molecule has 0 radical (unpaired) electrons. The predicted octanol–water partition coefficient (Wildman–Crippen LogP) is 1.67. The summed E-state index contributed by atoms with van der Waals surface area (Å²) in [6, 6.07) is 10.8. The van der Waals surface area contributed by atoms with Gasteiger partial charge in [0.15, 0.2) is 14.6 Å². The van der Waals surface area contributed by atoms with Crippen molar-refractivity contribution >= 4 is 15.7 Å². The van der Waals surface area contributed by atoms with Crippen molar-refractivity contribution < 1.29 is 18.4 Å². The van der Waals surface area contributed by atoms with Crippen LogP contribution in [0.5, 0.6) is 0 Å². The number of amides is 1. The highest BCUT2D eigenvalue weighted by Gasteiger charge is 2.43. The number of hydrogen-bond donors (Lipinski definition) is 2. The number of sulfone groups is 1. The fourth-order valence-corrected chi connectivity index (χ4v) is 3.94. The Morgan fingerprint density at radius 2 is 1.65 bits per heavy atom. The van der Waals surface area contributed by atoms with Gasteiger partial charge in [-0.05, 0) is 36.1 Å². The second-order valence-electron chi connectivity index (χ2n) is 7.35. The maximum Gasteiger partial charge on any atom is 0.264 e. The number of aryl methyl sites for hydroxylation is 1. The molecular weight excluding hydrogens is 420 g/mol. The number of nitrogens with zero attached hydrogens (tertiary/aromatic N) is 3. The monoisotopic (exact) mass is 442 g/mol. The van der Waals surface area contributed by atoms with Gasteiger partial charge in [-0.15, -0.1) is 0 Å². The predicted molar refractivity (Wildman–Crippen MR) is 115 cm³/mol. The first-order valence-electron chi connectivity index (χ1n) is 9.36. The van der Waals surface area contributed by atoms with E-state index in [0.29, 0.717) is 5.56 Å². The number of hydrogen-bond acceptors (Lipinski definition) is 7. The molecule has 3 rings (SSSR count). The number of hydroxylamine groups is 1. The van der Waals surface area contributed by atoms with E-state index in [0.717, 1.165) is 22.9 Å². The second kappa shape index (κ2) is 8.78. The molecular formula is C21H22N4O5S. The Balaban J connectivity index is 1.80. The van der Waals surface area contributed by atoms with Gasteiger partial charge in [-0.25, -0.2) is 23.9 Å². The summed E-state index contributed by atoms with van der Waals surface area (Å²) in [5.74, 6) is -1.04. The minimum absolute atomic E-state index is 0.0109. The van der Waals surface area contributed by atoms with Gasteiger partial charge in [0.2, 0.25) is 0 Å². The number of carbonyl (C=O) groups excluding carboxylic acids is 1. The zero-order valence-electron chi connectivity index (χ0n) is 17.0. The van der Waals surface area contributed by atoms with Gasteiger partial charge in [-0.3, -0.25) is 14.8 Å². The molecule has 162 valence electrons. The molecule has 2 N–H and O–H groups in total. The van der Waals surface area contributed by atoms with Gasteiger partial charge in [-0.2, -0.15) is 0 Å². The highest BCUT2D eigenvalue weighted by atomic mass is 32.2. The quantitative estimate of drug-likeness (QED) is 0.420. The molecule has 0 saturated carbocycles. The summed E-state index contributed by atoms with van der Waals surface area (Å²) in [7, 11) is -3.83. The molecule has 1 aromatic carbocycles. The van der Waals surface area contributed by atoms with Crippen molar-refractivity contribution in [2.24, 2.45) is 0 Å². The van der Waals surface area contributed by atoms with E-state index in [2.05, 4.69) is 9.97 Å². The second-order valence-corrected chi connectivity index (χ2v) is 9.79. The molecule has 0 aliphatic carbocycles. The molecule has 31 heavy (non-hydrogen) atoms. The smallest absolute Gasteiger partial charge is 0.264 e. The molecule has 1 atom stereocenters. The molecule has 0 aliphatic rings. The van der Waals surface area contributed by atoms with Crippen LogP contribution in [0.15, 0.2) is 66.1 Å². The van der Waals surface area contributed by atoms with E-state index in [1.165, 1.54) is 29.4 Å². The maximum atomic E-state index is 12.6. The van der Waals surface area contributed by atoms with Gasteiger partial charge in [0.05, 0.1) is 0 Å². The van der Waals surface area contributed by atoms with E-state index in [9.17, 15) is 18.0 Å². The molecule has 2 heterocycles. The summed E-state index contributed by atoms with van der Waals surface area (Å²) >= 11 is 0. The minimum Gasteiger partial charge on any atom is -0.315 e. The highest BCUT2D eigenvalue weighted by molar-refractivity contribution is 7.92. The maximum absolute atomic E-state index is 12.6. The van der Waals surface area contributed by atoms with E-state index in [1.807, 2.05) is 24.3 Å². The highest BCUT2D eigenvalue weighted by Crippen LogP contribution is 2.24. The first-order chi connectivity index (χ1) is 14.7. The normalized spacial score (nSPS) is 13.4. The molecule has 9 nitrogen and oxygen atoms in total. The fraction of sp³-hybridized carbons (Fsp3) is 0.238. The van der Waals surface area contributed by atoms with Crippen LogP contribution < -0.4 is 11.0 Å². The molecule has 0 aliphatic heterocycles. The van der Waals surface area contributed by atoms with Crippen LogP contribution in [0, 0.1) is 0 Å². The minimum atomic E-state index is -3.83. The number of aromatic nitrogens is 3. The molecule has 0 spiro atoms. The summed E-state index contributed by atoms with van der Waals surface area (Å²) in [5, 5.41) is 8.90. The van der Waals surface area contributed by atoms with Crippen LogP contribution in [0.25, 0.3) is 22.3 Å². The summed E-state index contributed by atoms with van der Waals surface area (Å²) in [6.07, 6.45) is 7.18. The third-order valence-corrected chi connectivity index (χ3v) is 7.36. The van der Waals surface area contributed by atoms with Gasteiger partial charge < -0.3 is 4.57 Å². The first-order valence-corrected chi connectivity index (χ1v) is 11.3. The van der Waals surface area contributed by atoms with E-state index >= 15 is 0 Å². The topological polar surface area (TPSA) is 131 Å². The average Bonchev–Trinajstić information content (AvgIpc) is 2.77. The van der Waals surface area contributed by atoms with Crippen molar-refractivity contribution in [3.05, 3.63) is 71.7 Å². The first kappa shape index (κ1) is 22.3. The lowest BCUT2D eigenvalue weighted by Gasteiger charge is -2.25. The molecule has 2 aromatic heterocycles. The van der Waals surface area contributed by atoms with Crippen LogP contribution in [0.4, 0.5) is 0 Å². The van der Waals surface area contributed by atoms with E-state index in [-0.39, 0.29) is 18.5 Å². The van der Waals surface area contributed by atoms with Crippen molar-refractivity contribution in [3.63, 3.8) is 0 Å². The van der Waals surface area contributed by atoms with Crippen LogP contribution in [0.3, 0.4) is 0 Å². The largest absolute Gasteiger partial charge is 0.315 e. The third kappa shape index (κ3) is 4.70.